The lowest BCUT2D eigenvalue weighted by atomic mass is 9.94. The molecule has 1 unspecified atom stereocenters. The second-order valence-corrected chi connectivity index (χ2v) is 9.50. The minimum Gasteiger partial charge on any atom is -0.341 e. The lowest BCUT2D eigenvalue weighted by molar-refractivity contribution is -0.134. The van der Waals surface area contributed by atoms with Gasteiger partial charge in [0.05, 0.1) is 11.4 Å². The van der Waals surface area contributed by atoms with Crippen LogP contribution in [0.15, 0.2) is 24.7 Å². The Labute approximate surface area is 172 Å². The Morgan fingerprint density at radius 2 is 2.04 bits per heavy atom. The van der Waals surface area contributed by atoms with Gasteiger partial charge in [-0.2, -0.15) is 11.8 Å². The average Bonchev–Trinajstić information content (AvgIpc) is 3.39. The van der Waals surface area contributed by atoms with Crippen molar-refractivity contribution in [1.82, 2.24) is 24.8 Å². The van der Waals surface area contributed by atoms with Gasteiger partial charge in [0.1, 0.15) is 5.01 Å². The SMILES string of the molecule is CSC1CCN(CC(=O)N2CCC(F)(c3ncc(-c4ncccn4)s3)CC2)C1. The Morgan fingerprint density at radius 3 is 2.71 bits per heavy atom. The predicted octanol–water partition coefficient (Wildman–Crippen LogP) is 2.82. The molecule has 0 saturated carbocycles. The Morgan fingerprint density at radius 1 is 1.29 bits per heavy atom. The Kier molecular flexibility index (Phi) is 5.93. The maximum absolute atomic E-state index is 15.5. The zero-order chi connectivity index (χ0) is 19.6. The molecule has 0 aromatic carbocycles. The van der Waals surface area contributed by atoms with Crippen LogP contribution in [0.4, 0.5) is 4.39 Å². The van der Waals surface area contributed by atoms with E-state index in [-0.39, 0.29) is 18.7 Å². The molecular formula is C19H24FN5OS2. The number of carbonyl (C=O) groups is 1. The molecular weight excluding hydrogens is 397 g/mol. The number of halogens is 1. The molecule has 6 nitrogen and oxygen atoms in total. The molecule has 1 atom stereocenters. The first-order valence-electron chi connectivity index (χ1n) is 9.53. The van der Waals surface area contributed by atoms with Gasteiger partial charge < -0.3 is 4.90 Å². The van der Waals surface area contributed by atoms with E-state index in [1.54, 1.807) is 29.6 Å². The molecule has 2 saturated heterocycles. The lowest BCUT2D eigenvalue weighted by Gasteiger charge is -2.36. The summed E-state index contributed by atoms with van der Waals surface area (Å²) in [6, 6.07) is 1.75. The fraction of sp³-hybridized carbons (Fsp3) is 0.579. The zero-order valence-electron chi connectivity index (χ0n) is 15.9. The molecule has 2 aliphatic heterocycles. The number of piperidine rings is 1. The van der Waals surface area contributed by atoms with Crippen LogP contribution in [0.5, 0.6) is 0 Å². The summed E-state index contributed by atoms with van der Waals surface area (Å²) in [5.74, 6) is 0.679. The minimum absolute atomic E-state index is 0.112. The van der Waals surface area contributed by atoms with E-state index < -0.39 is 5.67 Å². The second kappa shape index (κ2) is 8.42. The van der Waals surface area contributed by atoms with Crippen molar-refractivity contribution in [2.75, 3.05) is 39.0 Å². The normalized spacial score (nSPS) is 22.5. The van der Waals surface area contributed by atoms with Crippen LogP contribution in [0, 0.1) is 0 Å². The fourth-order valence-electron chi connectivity index (χ4n) is 3.76. The minimum atomic E-state index is -1.48. The van der Waals surface area contributed by atoms with Crippen molar-refractivity contribution >= 4 is 29.0 Å². The van der Waals surface area contributed by atoms with Gasteiger partial charge in [-0.3, -0.25) is 9.69 Å². The van der Waals surface area contributed by atoms with Crippen molar-refractivity contribution in [2.45, 2.75) is 30.2 Å². The number of hydrogen-bond donors (Lipinski definition) is 0. The van der Waals surface area contributed by atoms with Gasteiger partial charge in [0, 0.05) is 56.3 Å². The molecule has 0 bridgehead atoms. The molecule has 150 valence electrons. The smallest absolute Gasteiger partial charge is 0.236 e. The molecule has 4 heterocycles. The number of hydrogen-bond acceptors (Lipinski definition) is 7. The van der Waals surface area contributed by atoms with Crippen molar-refractivity contribution in [3.8, 4) is 10.7 Å². The van der Waals surface area contributed by atoms with Crippen LogP contribution in [0.2, 0.25) is 0 Å². The van der Waals surface area contributed by atoms with Gasteiger partial charge in [-0.1, -0.05) is 0 Å². The predicted molar refractivity (Wildman–Crippen MR) is 110 cm³/mol. The van der Waals surface area contributed by atoms with Crippen LogP contribution >= 0.6 is 23.1 Å². The average molecular weight is 422 g/mol. The van der Waals surface area contributed by atoms with Gasteiger partial charge >= 0.3 is 0 Å². The first-order valence-corrected chi connectivity index (χ1v) is 11.6. The second-order valence-electron chi connectivity index (χ2n) is 7.33. The van der Waals surface area contributed by atoms with E-state index in [1.165, 1.54) is 11.3 Å². The number of alkyl halides is 1. The van der Waals surface area contributed by atoms with E-state index in [1.807, 2.05) is 11.8 Å². The van der Waals surface area contributed by atoms with Crippen molar-refractivity contribution in [2.24, 2.45) is 0 Å². The highest BCUT2D eigenvalue weighted by Crippen LogP contribution is 2.40. The molecule has 2 fully saturated rings. The van der Waals surface area contributed by atoms with E-state index in [0.29, 0.717) is 35.7 Å². The molecule has 0 aliphatic carbocycles. The fourth-order valence-corrected chi connectivity index (χ4v) is 5.46. The molecule has 2 aliphatic rings. The highest BCUT2D eigenvalue weighted by molar-refractivity contribution is 7.99. The molecule has 0 spiro atoms. The van der Waals surface area contributed by atoms with Crippen LogP contribution < -0.4 is 0 Å². The Hall–Kier alpha value is -1.58. The lowest BCUT2D eigenvalue weighted by Crippen LogP contribution is -2.46. The number of amides is 1. The van der Waals surface area contributed by atoms with E-state index in [0.717, 1.165) is 24.4 Å². The first kappa shape index (κ1) is 19.7. The van der Waals surface area contributed by atoms with E-state index in [4.69, 9.17) is 0 Å². The number of carbonyl (C=O) groups excluding carboxylic acids is 1. The van der Waals surface area contributed by atoms with E-state index in [2.05, 4.69) is 26.1 Å². The van der Waals surface area contributed by atoms with Crippen LogP contribution in [-0.4, -0.2) is 74.9 Å². The maximum atomic E-state index is 15.5. The van der Waals surface area contributed by atoms with E-state index in [9.17, 15) is 4.79 Å². The third kappa shape index (κ3) is 4.21. The summed E-state index contributed by atoms with van der Waals surface area (Å²) < 4.78 is 15.5. The van der Waals surface area contributed by atoms with E-state index >= 15 is 4.39 Å². The van der Waals surface area contributed by atoms with Gasteiger partial charge in [0.25, 0.3) is 0 Å². The summed E-state index contributed by atoms with van der Waals surface area (Å²) in [6.07, 6.45) is 8.81. The van der Waals surface area contributed by atoms with Crippen molar-refractivity contribution in [3.05, 3.63) is 29.7 Å². The van der Waals surface area contributed by atoms with Gasteiger partial charge in [0.15, 0.2) is 11.5 Å². The molecule has 2 aromatic heterocycles. The monoisotopic (exact) mass is 421 g/mol. The molecule has 4 rings (SSSR count). The summed E-state index contributed by atoms with van der Waals surface area (Å²) in [7, 11) is 0. The quantitative estimate of drug-likeness (QED) is 0.740. The molecule has 2 aromatic rings. The number of rotatable bonds is 5. The van der Waals surface area contributed by atoms with Crippen LogP contribution in [0.25, 0.3) is 10.7 Å². The zero-order valence-corrected chi connectivity index (χ0v) is 17.5. The largest absolute Gasteiger partial charge is 0.341 e. The number of nitrogens with zero attached hydrogens (tertiary/aromatic N) is 5. The summed E-state index contributed by atoms with van der Waals surface area (Å²) in [6.45, 7) is 3.26. The van der Waals surface area contributed by atoms with Crippen LogP contribution in [0.3, 0.4) is 0 Å². The number of likely N-dealkylation sites (tertiary alicyclic amines) is 2. The van der Waals surface area contributed by atoms with Crippen molar-refractivity contribution in [1.29, 1.82) is 0 Å². The summed E-state index contributed by atoms with van der Waals surface area (Å²) >= 11 is 3.17. The molecule has 9 heteroatoms. The maximum Gasteiger partial charge on any atom is 0.236 e. The number of thioether (sulfide) groups is 1. The summed E-state index contributed by atoms with van der Waals surface area (Å²) in [4.78, 5) is 30.1. The first-order chi connectivity index (χ1) is 13.6. The van der Waals surface area contributed by atoms with Gasteiger partial charge in [-0.25, -0.2) is 19.3 Å². The molecule has 0 radical (unpaired) electrons. The Balaban J connectivity index is 1.34. The van der Waals surface area contributed by atoms with Crippen LogP contribution in [0.1, 0.15) is 24.3 Å². The van der Waals surface area contributed by atoms with Gasteiger partial charge in [-0.15, -0.1) is 11.3 Å². The number of aromatic nitrogens is 3. The third-order valence-electron chi connectivity index (χ3n) is 5.51. The Bertz CT molecular complexity index is 810. The highest BCUT2D eigenvalue weighted by Gasteiger charge is 2.40. The third-order valence-corrected chi connectivity index (χ3v) is 7.73. The highest BCUT2D eigenvalue weighted by atomic mass is 32.2. The molecule has 28 heavy (non-hydrogen) atoms. The molecule has 0 N–H and O–H groups in total. The van der Waals surface area contributed by atoms with Crippen molar-refractivity contribution in [3.63, 3.8) is 0 Å². The molecule has 1 amide bonds. The van der Waals surface area contributed by atoms with Crippen molar-refractivity contribution < 1.29 is 9.18 Å². The van der Waals surface area contributed by atoms with Crippen LogP contribution in [-0.2, 0) is 10.5 Å². The summed E-state index contributed by atoms with van der Waals surface area (Å²) in [5.41, 5.74) is -1.48. The number of thiazole rings is 1. The topological polar surface area (TPSA) is 62.2 Å². The standard InChI is InChI=1S/C19H24FN5OS2/c1-27-14-3-8-24(12-14)13-16(26)25-9-4-19(20,5-10-25)18-23-11-15(28-18)17-21-6-2-7-22-17/h2,6-7,11,14H,3-5,8-10,12-13H2,1H3. The van der Waals surface area contributed by atoms with Gasteiger partial charge in [-0.05, 0) is 25.3 Å². The summed E-state index contributed by atoms with van der Waals surface area (Å²) in [5, 5.41) is 1.09. The van der Waals surface area contributed by atoms with Gasteiger partial charge in [0.2, 0.25) is 5.91 Å².